The fraction of sp³-hybridized carbons (Fsp3) is 0.182. The molecule has 2 aromatic heterocycles. The third-order valence-electron chi connectivity index (χ3n) is 4.71. The maximum absolute atomic E-state index is 14.0. The average Bonchev–Trinajstić information content (AvgIpc) is 3.28. The number of nitrogens with one attached hydrogen (secondary N) is 1. The molecule has 29 heavy (non-hydrogen) atoms. The standard InChI is InChI=1S/C22H21FN4OS/c1-26(2)16-9-7-15(8-10-16)24-21(28)12-11-17-14-29-22-25-20(13-27(17)22)18-5-3-4-6-19(18)23/h3-10,13-14H,11-12H2,1-2H3,(H,24,28). The van der Waals surface area contributed by atoms with Gasteiger partial charge >= 0.3 is 0 Å². The third-order valence-corrected chi connectivity index (χ3v) is 5.60. The zero-order valence-corrected chi connectivity index (χ0v) is 17.0. The largest absolute Gasteiger partial charge is 0.378 e. The van der Waals surface area contributed by atoms with Crippen LogP contribution in [0.15, 0.2) is 60.1 Å². The van der Waals surface area contributed by atoms with Crippen LogP contribution in [0.3, 0.4) is 0 Å². The van der Waals surface area contributed by atoms with Gasteiger partial charge < -0.3 is 10.2 Å². The summed E-state index contributed by atoms with van der Waals surface area (Å²) in [6, 6.07) is 14.3. The van der Waals surface area contributed by atoms with Gasteiger partial charge in [0.15, 0.2) is 4.96 Å². The minimum absolute atomic E-state index is 0.0450. The highest BCUT2D eigenvalue weighted by Crippen LogP contribution is 2.26. The number of aromatic nitrogens is 2. The molecule has 148 valence electrons. The molecule has 0 aliphatic rings. The first kappa shape index (κ1) is 19.1. The normalized spacial score (nSPS) is 11.0. The van der Waals surface area contributed by atoms with E-state index in [0.717, 1.165) is 22.0 Å². The molecule has 0 spiro atoms. The Hall–Kier alpha value is -3.19. The highest BCUT2D eigenvalue weighted by Gasteiger charge is 2.13. The smallest absolute Gasteiger partial charge is 0.224 e. The van der Waals surface area contributed by atoms with Crippen LogP contribution in [0, 0.1) is 5.82 Å². The molecule has 4 aromatic rings. The number of aryl methyl sites for hydroxylation is 1. The summed E-state index contributed by atoms with van der Waals surface area (Å²) in [6.45, 7) is 0. The van der Waals surface area contributed by atoms with E-state index in [1.165, 1.54) is 17.4 Å². The Morgan fingerprint density at radius 3 is 2.66 bits per heavy atom. The summed E-state index contributed by atoms with van der Waals surface area (Å²) in [5, 5.41) is 4.92. The zero-order chi connectivity index (χ0) is 20.4. The fourth-order valence-electron chi connectivity index (χ4n) is 3.12. The second kappa shape index (κ2) is 8.05. The van der Waals surface area contributed by atoms with Gasteiger partial charge in [0.1, 0.15) is 5.82 Å². The third kappa shape index (κ3) is 4.14. The molecule has 0 aliphatic carbocycles. The molecule has 4 rings (SSSR count). The molecule has 0 fully saturated rings. The molecule has 0 bridgehead atoms. The van der Waals surface area contributed by atoms with Crippen LogP contribution < -0.4 is 10.2 Å². The van der Waals surface area contributed by atoms with Crippen LogP contribution in [0.5, 0.6) is 0 Å². The Labute approximate surface area is 172 Å². The number of carbonyl (C=O) groups is 1. The number of rotatable bonds is 6. The van der Waals surface area contributed by atoms with Crippen LogP contribution in [0.2, 0.25) is 0 Å². The molecular formula is C22H21FN4OS. The van der Waals surface area contributed by atoms with E-state index in [4.69, 9.17) is 0 Å². The molecule has 1 N–H and O–H groups in total. The average molecular weight is 409 g/mol. The Morgan fingerprint density at radius 2 is 1.93 bits per heavy atom. The summed E-state index contributed by atoms with van der Waals surface area (Å²) in [5.41, 5.74) is 3.92. The Kier molecular flexibility index (Phi) is 5.31. The number of carbonyl (C=O) groups excluding carboxylic acids is 1. The lowest BCUT2D eigenvalue weighted by Gasteiger charge is -2.13. The van der Waals surface area contributed by atoms with Crippen molar-refractivity contribution in [2.24, 2.45) is 0 Å². The van der Waals surface area contributed by atoms with Crippen molar-refractivity contribution in [2.75, 3.05) is 24.3 Å². The van der Waals surface area contributed by atoms with Crippen LogP contribution >= 0.6 is 11.3 Å². The highest BCUT2D eigenvalue weighted by molar-refractivity contribution is 7.15. The lowest BCUT2D eigenvalue weighted by Crippen LogP contribution is -2.13. The lowest BCUT2D eigenvalue weighted by atomic mass is 10.1. The zero-order valence-electron chi connectivity index (χ0n) is 16.2. The molecule has 2 heterocycles. The molecule has 2 aromatic carbocycles. The minimum Gasteiger partial charge on any atom is -0.378 e. The number of fused-ring (bicyclic) bond motifs is 1. The molecule has 7 heteroatoms. The second-order valence-corrected chi connectivity index (χ2v) is 7.81. The van der Waals surface area contributed by atoms with E-state index < -0.39 is 0 Å². The van der Waals surface area contributed by atoms with E-state index >= 15 is 0 Å². The van der Waals surface area contributed by atoms with Crippen molar-refractivity contribution in [3.8, 4) is 11.3 Å². The summed E-state index contributed by atoms with van der Waals surface area (Å²) in [6.07, 6.45) is 2.76. The summed E-state index contributed by atoms with van der Waals surface area (Å²) >= 11 is 1.49. The molecule has 0 saturated carbocycles. The number of hydrogen-bond acceptors (Lipinski definition) is 4. The molecule has 0 radical (unpaired) electrons. The molecule has 5 nitrogen and oxygen atoms in total. The predicted octanol–water partition coefficient (Wildman–Crippen LogP) is 4.84. The van der Waals surface area contributed by atoms with Gasteiger partial charge in [-0.15, -0.1) is 11.3 Å². The number of amides is 1. The predicted molar refractivity (Wildman–Crippen MR) is 116 cm³/mol. The van der Waals surface area contributed by atoms with Gasteiger partial charge in [-0.25, -0.2) is 9.37 Å². The monoisotopic (exact) mass is 408 g/mol. The topological polar surface area (TPSA) is 49.6 Å². The first-order valence-corrected chi connectivity index (χ1v) is 10.2. The Balaban J connectivity index is 1.43. The first-order chi connectivity index (χ1) is 14.0. The van der Waals surface area contributed by atoms with Gasteiger partial charge in [0, 0.05) is 54.7 Å². The van der Waals surface area contributed by atoms with E-state index in [9.17, 15) is 9.18 Å². The van der Waals surface area contributed by atoms with Gasteiger partial charge in [-0.05, 0) is 42.8 Å². The van der Waals surface area contributed by atoms with Crippen molar-refractivity contribution >= 4 is 33.6 Å². The number of halogens is 1. The van der Waals surface area contributed by atoms with Crippen LogP contribution in [0.4, 0.5) is 15.8 Å². The molecule has 0 aliphatic heterocycles. The summed E-state index contributed by atoms with van der Waals surface area (Å²) in [7, 11) is 3.95. The Morgan fingerprint density at radius 1 is 1.17 bits per heavy atom. The van der Waals surface area contributed by atoms with Gasteiger partial charge in [-0.1, -0.05) is 12.1 Å². The van der Waals surface area contributed by atoms with Gasteiger partial charge in [0.25, 0.3) is 0 Å². The molecule has 0 saturated heterocycles. The van der Waals surface area contributed by atoms with E-state index in [1.807, 2.05) is 59.2 Å². The van der Waals surface area contributed by atoms with Crippen molar-refractivity contribution in [1.29, 1.82) is 0 Å². The number of nitrogens with zero attached hydrogens (tertiary/aromatic N) is 3. The first-order valence-electron chi connectivity index (χ1n) is 9.29. The van der Waals surface area contributed by atoms with Gasteiger partial charge in [-0.3, -0.25) is 9.20 Å². The summed E-state index contributed by atoms with van der Waals surface area (Å²) in [4.78, 5) is 19.7. The van der Waals surface area contributed by atoms with Crippen molar-refractivity contribution in [2.45, 2.75) is 12.8 Å². The number of thiazole rings is 1. The van der Waals surface area contributed by atoms with Crippen LogP contribution in [-0.2, 0) is 11.2 Å². The SMILES string of the molecule is CN(C)c1ccc(NC(=O)CCc2csc3nc(-c4ccccc4F)cn23)cc1. The fourth-order valence-corrected chi connectivity index (χ4v) is 4.02. The van der Waals surface area contributed by atoms with E-state index in [0.29, 0.717) is 24.1 Å². The van der Waals surface area contributed by atoms with Crippen LogP contribution in [-0.4, -0.2) is 29.4 Å². The lowest BCUT2D eigenvalue weighted by molar-refractivity contribution is -0.116. The van der Waals surface area contributed by atoms with Gasteiger partial charge in [-0.2, -0.15) is 0 Å². The van der Waals surface area contributed by atoms with E-state index in [2.05, 4.69) is 10.3 Å². The molecular weight excluding hydrogens is 387 g/mol. The second-order valence-electron chi connectivity index (χ2n) is 6.98. The molecule has 0 atom stereocenters. The van der Waals surface area contributed by atoms with Crippen molar-refractivity contribution in [3.05, 3.63) is 71.6 Å². The molecule has 0 unspecified atom stereocenters. The van der Waals surface area contributed by atoms with Crippen molar-refractivity contribution < 1.29 is 9.18 Å². The van der Waals surface area contributed by atoms with E-state index in [1.54, 1.807) is 18.2 Å². The maximum atomic E-state index is 14.0. The number of anilines is 2. The Bertz CT molecular complexity index is 1150. The maximum Gasteiger partial charge on any atom is 0.224 e. The summed E-state index contributed by atoms with van der Waals surface area (Å²) in [5.74, 6) is -0.337. The highest BCUT2D eigenvalue weighted by atomic mass is 32.1. The van der Waals surface area contributed by atoms with Gasteiger partial charge in [0.05, 0.1) is 5.69 Å². The van der Waals surface area contributed by atoms with Crippen molar-refractivity contribution in [1.82, 2.24) is 9.38 Å². The number of hydrogen-bond donors (Lipinski definition) is 1. The van der Waals surface area contributed by atoms with Gasteiger partial charge in [0.2, 0.25) is 5.91 Å². The minimum atomic E-state index is -0.292. The van der Waals surface area contributed by atoms with Crippen LogP contribution in [0.25, 0.3) is 16.2 Å². The molecule has 1 amide bonds. The summed E-state index contributed by atoms with van der Waals surface area (Å²) < 4.78 is 16.0. The number of imidazole rings is 1. The van der Waals surface area contributed by atoms with Crippen LogP contribution in [0.1, 0.15) is 12.1 Å². The van der Waals surface area contributed by atoms with Crippen molar-refractivity contribution in [3.63, 3.8) is 0 Å². The quantitative estimate of drug-likeness (QED) is 0.497. The van der Waals surface area contributed by atoms with E-state index in [-0.39, 0.29) is 11.7 Å². The number of benzene rings is 2.